The largest absolute Gasteiger partial charge is 0.492 e. The van der Waals surface area contributed by atoms with E-state index in [1.54, 1.807) is 0 Å². The lowest BCUT2D eigenvalue weighted by atomic mass is 10.1. The molecule has 0 atom stereocenters. The van der Waals surface area contributed by atoms with Crippen molar-refractivity contribution in [3.8, 4) is 5.75 Å². The molecular weight excluding hydrogens is 312 g/mol. The third-order valence-electron chi connectivity index (χ3n) is 5.07. The summed E-state index contributed by atoms with van der Waals surface area (Å²) in [5.74, 6) is 1.05. The third-order valence-corrected chi connectivity index (χ3v) is 5.07. The summed E-state index contributed by atoms with van der Waals surface area (Å²) < 4.78 is 5.78. The van der Waals surface area contributed by atoms with E-state index in [1.807, 2.05) is 24.3 Å². The molecule has 2 aliphatic rings. The molecule has 0 saturated carbocycles. The summed E-state index contributed by atoms with van der Waals surface area (Å²) >= 11 is 0. The Hall–Kier alpha value is -2.33. The number of amides is 1. The molecule has 0 fully saturated rings. The number of nitrogens with zero attached hydrogens (tertiary/aromatic N) is 1. The quantitative estimate of drug-likeness (QED) is 0.930. The molecule has 1 heterocycles. The van der Waals surface area contributed by atoms with Gasteiger partial charge in [-0.25, -0.2) is 0 Å². The topological polar surface area (TPSA) is 41.6 Å². The lowest BCUT2D eigenvalue weighted by Crippen LogP contribution is -2.29. The number of fused-ring (bicyclic) bond motifs is 2. The highest BCUT2D eigenvalue weighted by Gasteiger charge is 2.16. The van der Waals surface area contributed by atoms with E-state index in [9.17, 15) is 4.79 Å². The van der Waals surface area contributed by atoms with Crippen LogP contribution in [0.2, 0.25) is 0 Å². The Morgan fingerprint density at radius 1 is 1.08 bits per heavy atom. The van der Waals surface area contributed by atoms with Gasteiger partial charge in [0.1, 0.15) is 12.4 Å². The van der Waals surface area contributed by atoms with Gasteiger partial charge in [-0.05, 0) is 48.6 Å². The molecule has 0 aromatic heterocycles. The van der Waals surface area contributed by atoms with Crippen molar-refractivity contribution in [3.05, 3.63) is 59.2 Å². The predicted octanol–water partition coefficient (Wildman–Crippen LogP) is 3.40. The first-order chi connectivity index (χ1) is 12.3. The van der Waals surface area contributed by atoms with Crippen LogP contribution in [0.1, 0.15) is 29.5 Å². The van der Waals surface area contributed by atoms with Crippen molar-refractivity contribution in [2.24, 2.45) is 0 Å². The maximum Gasteiger partial charge on any atom is 0.225 e. The SMILES string of the molecule is O=C(CCN1CCOc2ccccc2C1)Nc1ccc2c(c1)CCC2. The minimum Gasteiger partial charge on any atom is -0.492 e. The van der Waals surface area contributed by atoms with E-state index in [0.717, 1.165) is 37.5 Å². The Morgan fingerprint density at radius 3 is 2.92 bits per heavy atom. The second-order valence-electron chi connectivity index (χ2n) is 6.87. The zero-order valence-corrected chi connectivity index (χ0v) is 14.5. The molecule has 1 N–H and O–H groups in total. The second kappa shape index (κ2) is 7.28. The first-order valence-electron chi connectivity index (χ1n) is 9.13. The minimum atomic E-state index is 0.0800. The van der Waals surface area contributed by atoms with Crippen molar-refractivity contribution >= 4 is 11.6 Å². The molecule has 2 aromatic carbocycles. The molecular formula is C21H24N2O2. The summed E-state index contributed by atoms with van der Waals surface area (Å²) in [6.45, 7) is 3.10. The van der Waals surface area contributed by atoms with Crippen molar-refractivity contribution in [3.63, 3.8) is 0 Å². The fourth-order valence-corrected chi connectivity index (χ4v) is 3.70. The van der Waals surface area contributed by atoms with Crippen molar-refractivity contribution in [1.82, 2.24) is 4.90 Å². The van der Waals surface area contributed by atoms with E-state index in [4.69, 9.17) is 4.74 Å². The average Bonchev–Trinajstić information content (AvgIpc) is 2.98. The smallest absolute Gasteiger partial charge is 0.225 e. The minimum absolute atomic E-state index is 0.0800. The van der Waals surface area contributed by atoms with Crippen LogP contribution in [0.15, 0.2) is 42.5 Å². The number of carbonyl (C=O) groups is 1. The van der Waals surface area contributed by atoms with Gasteiger partial charge in [-0.15, -0.1) is 0 Å². The highest BCUT2D eigenvalue weighted by atomic mass is 16.5. The fraction of sp³-hybridized carbons (Fsp3) is 0.381. The van der Waals surface area contributed by atoms with Gasteiger partial charge < -0.3 is 10.1 Å². The number of ether oxygens (including phenoxy) is 1. The monoisotopic (exact) mass is 336 g/mol. The molecule has 0 radical (unpaired) electrons. The summed E-state index contributed by atoms with van der Waals surface area (Å²) in [4.78, 5) is 14.6. The highest BCUT2D eigenvalue weighted by molar-refractivity contribution is 5.91. The number of hydrogen-bond donors (Lipinski definition) is 1. The van der Waals surface area contributed by atoms with Gasteiger partial charge in [0.15, 0.2) is 0 Å². The Morgan fingerprint density at radius 2 is 1.96 bits per heavy atom. The lowest BCUT2D eigenvalue weighted by Gasteiger charge is -2.19. The molecule has 130 valence electrons. The first-order valence-corrected chi connectivity index (χ1v) is 9.13. The van der Waals surface area contributed by atoms with Crippen LogP contribution in [-0.2, 0) is 24.2 Å². The van der Waals surface area contributed by atoms with Crippen LogP contribution in [0.4, 0.5) is 5.69 Å². The zero-order chi connectivity index (χ0) is 17.1. The Bertz CT molecular complexity index is 772. The summed E-state index contributed by atoms with van der Waals surface area (Å²) in [7, 11) is 0. The molecule has 25 heavy (non-hydrogen) atoms. The van der Waals surface area contributed by atoms with Crippen LogP contribution < -0.4 is 10.1 Å². The number of para-hydroxylation sites is 1. The van der Waals surface area contributed by atoms with E-state index in [0.29, 0.717) is 13.0 Å². The number of carbonyl (C=O) groups excluding carboxylic acids is 1. The normalized spacial score (nSPS) is 16.5. The van der Waals surface area contributed by atoms with Crippen molar-refractivity contribution in [1.29, 1.82) is 0 Å². The molecule has 1 aliphatic carbocycles. The van der Waals surface area contributed by atoms with E-state index in [2.05, 4.69) is 28.4 Å². The number of nitrogens with one attached hydrogen (secondary N) is 1. The molecule has 1 aliphatic heterocycles. The van der Waals surface area contributed by atoms with Gasteiger partial charge >= 0.3 is 0 Å². The number of hydrogen-bond acceptors (Lipinski definition) is 3. The average molecular weight is 336 g/mol. The first kappa shape index (κ1) is 16.2. The summed E-state index contributed by atoms with van der Waals surface area (Å²) in [5, 5.41) is 3.05. The molecule has 4 heteroatoms. The maximum atomic E-state index is 12.3. The van der Waals surface area contributed by atoms with E-state index < -0.39 is 0 Å². The van der Waals surface area contributed by atoms with E-state index in [-0.39, 0.29) is 5.91 Å². The van der Waals surface area contributed by atoms with Crippen molar-refractivity contribution < 1.29 is 9.53 Å². The summed E-state index contributed by atoms with van der Waals surface area (Å²) in [5.41, 5.74) is 4.94. The third kappa shape index (κ3) is 3.85. The van der Waals surface area contributed by atoms with Gasteiger partial charge in [0, 0.05) is 37.3 Å². The molecule has 4 nitrogen and oxygen atoms in total. The van der Waals surface area contributed by atoms with Crippen LogP contribution in [0, 0.1) is 0 Å². The molecule has 0 unspecified atom stereocenters. The molecule has 2 aromatic rings. The van der Waals surface area contributed by atoms with Crippen LogP contribution in [0.3, 0.4) is 0 Å². The van der Waals surface area contributed by atoms with E-state index in [1.165, 1.54) is 29.5 Å². The van der Waals surface area contributed by atoms with Gasteiger partial charge in [0.2, 0.25) is 5.91 Å². The van der Waals surface area contributed by atoms with E-state index >= 15 is 0 Å². The summed E-state index contributed by atoms with van der Waals surface area (Å²) in [6.07, 6.45) is 4.03. The Balaban J connectivity index is 1.31. The van der Waals surface area contributed by atoms with Gasteiger partial charge in [0.25, 0.3) is 0 Å². The van der Waals surface area contributed by atoms with Crippen LogP contribution in [-0.4, -0.2) is 30.5 Å². The van der Waals surface area contributed by atoms with Gasteiger partial charge in [-0.1, -0.05) is 24.3 Å². The maximum absolute atomic E-state index is 12.3. The number of aryl methyl sites for hydroxylation is 2. The van der Waals surface area contributed by atoms with Gasteiger partial charge in [0.05, 0.1) is 0 Å². The molecule has 0 saturated heterocycles. The lowest BCUT2D eigenvalue weighted by molar-refractivity contribution is -0.116. The zero-order valence-electron chi connectivity index (χ0n) is 14.5. The number of anilines is 1. The Labute approximate surface area is 148 Å². The number of benzene rings is 2. The predicted molar refractivity (Wildman–Crippen MR) is 98.9 cm³/mol. The van der Waals surface area contributed by atoms with Crippen LogP contribution in [0.25, 0.3) is 0 Å². The Kier molecular flexibility index (Phi) is 4.70. The molecule has 0 bridgehead atoms. The fourth-order valence-electron chi connectivity index (χ4n) is 3.70. The van der Waals surface area contributed by atoms with Gasteiger partial charge in [-0.3, -0.25) is 9.69 Å². The molecule has 4 rings (SSSR count). The molecule has 0 spiro atoms. The van der Waals surface area contributed by atoms with Gasteiger partial charge in [-0.2, -0.15) is 0 Å². The second-order valence-corrected chi connectivity index (χ2v) is 6.87. The van der Waals surface area contributed by atoms with Crippen molar-refractivity contribution in [2.75, 3.05) is 25.0 Å². The highest BCUT2D eigenvalue weighted by Crippen LogP contribution is 2.25. The summed E-state index contributed by atoms with van der Waals surface area (Å²) in [6, 6.07) is 14.5. The molecule has 1 amide bonds. The van der Waals surface area contributed by atoms with Crippen LogP contribution >= 0.6 is 0 Å². The standard InChI is InChI=1S/C21H24N2O2/c24-21(22-19-9-8-16-5-3-6-17(16)14-19)10-11-23-12-13-25-20-7-2-1-4-18(20)15-23/h1-2,4,7-9,14H,3,5-6,10-13,15H2,(H,22,24). The number of rotatable bonds is 4. The van der Waals surface area contributed by atoms with Crippen molar-refractivity contribution in [2.45, 2.75) is 32.2 Å². The van der Waals surface area contributed by atoms with Crippen LogP contribution in [0.5, 0.6) is 5.75 Å².